The Morgan fingerprint density at radius 2 is 1.97 bits per heavy atom. The summed E-state index contributed by atoms with van der Waals surface area (Å²) >= 11 is 0. The molecule has 190 valence electrons. The highest BCUT2D eigenvalue weighted by molar-refractivity contribution is 6.16. The summed E-state index contributed by atoms with van der Waals surface area (Å²) in [6, 6.07) is 15.2. The van der Waals surface area contributed by atoms with Gasteiger partial charge in [0.15, 0.2) is 11.5 Å². The Kier molecular flexibility index (Phi) is 4.71. The van der Waals surface area contributed by atoms with E-state index in [1.807, 2.05) is 38.1 Å². The molecule has 7 rings (SSSR count). The third-order valence-corrected chi connectivity index (χ3v) is 7.48. The number of benzene rings is 2. The standard InChI is InChI=1S/C28H21N9O2/c1-15-6-7-20-19(8-15)28(27(39)36(20)12-18-5-3-4-17(9-18)11-29)10-21(38)34-25-22(28)16(2)35-37(25)26-23-24(31-13-30-23)32-14-33-26/h3-9,13-14H,10,12H2,1-2H3,(H,34,38)(H,30,31,32,33)/t28-/m1/s1. The molecule has 1 atom stereocenters. The SMILES string of the molecule is Cc1ccc2c(c1)[C@@]1(CC(=O)Nc3c1c(C)nn3-c1ncnc3nc[nH]c13)C(=O)N2Cc1cccc(C#N)c1. The van der Waals surface area contributed by atoms with Crippen molar-refractivity contribution in [2.24, 2.45) is 0 Å². The van der Waals surface area contributed by atoms with Crippen LogP contribution in [-0.4, -0.2) is 41.5 Å². The summed E-state index contributed by atoms with van der Waals surface area (Å²) in [4.78, 5) is 45.5. The fourth-order valence-corrected chi connectivity index (χ4v) is 5.90. The highest BCUT2D eigenvalue weighted by Gasteiger charge is 2.58. The van der Waals surface area contributed by atoms with Crippen LogP contribution in [0.25, 0.3) is 17.0 Å². The highest BCUT2D eigenvalue weighted by Crippen LogP contribution is 2.54. The molecular weight excluding hydrogens is 494 g/mol. The minimum atomic E-state index is -1.27. The average molecular weight is 516 g/mol. The van der Waals surface area contributed by atoms with Crippen molar-refractivity contribution in [1.82, 2.24) is 29.7 Å². The van der Waals surface area contributed by atoms with Crippen molar-refractivity contribution in [2.45, 2.75) is 32.2 Å². The molecule has 0 aliphatic carbocycles. The van der Waals surface area contributed by atoms with Gasteiger partial charge in [0.1, 0.15) is 23.1 Å². The van der Waals surface area contributed by atoms with Crippen LogP contribution in [0.4, 0.5) is 11.5 Å². The zero-order valence-electron chi connectivity index (χ0n) is 21.1. The van der Waals surface area contributed by atoms with Crippen molar-refractivity contribution >= 4 is 34.5 Å². The quantitative estimate of drug-likeness (QED) is 0.375. The number of nitrogens with zero attached hydrogens (tertiary/aromatic N) is 7. The highest BCUT2D eigenvalue weighted by atomic mass is 16.2. The number of aryl methyl sites for hydroxylation is 2. The number of nitriles is 1. The minimum absolute atomic E-state index is 0.0558. The first-order valence-electron chi connectivity index (χ1n) is 12.4. The van der Waals surface area contributed by atoms with E-state index in [0.717, 1.165) is 22.4 Å². The maximum atomic E-state index is 14.6. The Labute approximate surface area is 222 Å². The van der Waals surface area contributed by atoms with Gasteiger partial charge in [-0.05, 0) is 43.2 Å². The Bertz CT molecular complexity index is 1900. The van der Waals surface area contributed by atoms with Gasteiger partial charge in [-0.25, -0.2) is 15.0 Å². The second kappa shape index (κ2) is 8.06. The van der Waals surface area contributed by atoms with E-state index >= 15 is 0 Å². The van der Waals surface area contributed by atoms with Gasteiger partial charge in [-0.3, -0.25) is 9.59 Å². The van der Waals surface area contributed by atoms with Crippen molar-refractivity contribution in [3.63, 3.8) is 0 Å². The number of aromatic amines is 1. The molecule has 0 saturated heterocycles. The van der Waals surface area contributed by atoms with Gasteiger partial charge >= 0.3 is 0 Å². The molecule has 2 aromatic carbocycles. The summed E-state index contributed by atoms with van der Waals surface area (Å²) in [5, 5.41) is 17.1. The molecule has 3 aromatic heterocycles. The largest absolute Gasteiger partial charge is 0.340 e. The minimum Gasteiger partial charge on any atom is -0.340 e. The average Bonchev–Trinajstić information content (AvgIpc) is 3.60. The van der Waals surface area contributed by atoms with Crippen LogP contribution in [0.3, 0.4) is 0 Å². The number of imidazole rings is 1. The normalized spacial score (nSPS) is 17.8. The lowest BCUT2D eigenvalue weighted by Gasteiger charge is -2.33. The van der Waals surface area contributed by atoms with Crippen molar-refractivity contribution in [3.8, 4) is 11.9 Å². The number of aromatic nitrogens is 6. The number of carbonyl (C=O) groups excluding carboxylic acids is 2. The Morgan fingerprint density at radius 3 is 2.82 bits per heavy atom. The van der Waals surface area contributed by atoms with E-state index in [0.29, 0.717) is 39.6 Å². The van der Waals surface area contributed by atoms with Crippen LogP contribution < -0.4 is 10.2 Å². The molecule has 39 heavy (non-hydrogen) atoms. The first-order valence-corrected chi connectivity index (χ1v) is 12.4. The molecule has 1 spiro atoms. The third-order valence-electron chi connectivity index (χ3n) is 7.48. The van der Waals surface area contributed by atoms with Crippen molar-refractivity contribution in [2.75, 3.05) is 10.2 Å². The summed E-state index contributed by atoms with van der Waals surface area (Å²) in [7, 11) is 0. The smallest absolute Gasteiger partial charge is 0.243 e. The zero-order valence-corrected chi connectivity index (χ0v) is 21.1. The predicted octanol–water partition coefficient (Wildman–Crippen LogP) is 3.20. The molecule has 2 amide bonds. The summed E-state index contributed by atoms with van der Waals surface area (Å²) in [6.07, 6.45) is 2.85. The van der Waals surface area contributed by atoms with Crippen LogP contribution in [0.1, 0.15) is 39.9 Å². The number of carbonyl (C=O) groups is 2. The number of anilines is 2. The van der Waals surface area contributed by atoms with Crippen molar-refractivity contribution in [3.05, 3.63) is 88.6 Å². The molecule has 2 N–H and O–H groups in total. The van der Waals surface area contributed by atoms with Gasteiger partial charge in [0.05, 0.1) is 30.2 Å². The molecule has 5 aromatic rings. The fourth-order valence-electron chi connectivity index (χ4n) is 5.90. The van der Waals surface area contributed by atoms with Crippen LogP contribution in [0.2, 0.25) is 0 Å². The lowest BCUT2D eigenvalue weighted by Crippen LogP contribution is -2.46. The lowest BCUT2D eigenvalue weighted by atomic mass is 9.70. The molecule has 2 aliphatic rings. The summed E-state index contributed by atoms with van der Waals surface area (Å²) < 4.78 is 1.55. The first kappa shape index (κ1) is 22.8. The number of hydrogen-bond donors (Lipinski definition) is 2. The molecule has 2 aliphatic heterocycles. The van der Waals surface area contributed by atoms with Gasteiger partial charge < -0.3 is 15.2 Å². The van der Waals surface area contributed by atoms with Gasteiger partial charge in [0.2, 0.25) is 11.8 Å². The number of rotatable bonds is 3. The number of amides is 2. The summed E-state index contributed by atoms with van der Waals surface area (Å²) in [5.41, 5.74) is 4.80. The molecule has 0 unspecified atom stereocenters. The molecule has 11 nitrogen and oxygen atoms in total. The van der Waals surface area contributed by atoms with E-state index < -0.39 is 5.41 Å². The van der Waals surface area contributed by atoms with Gasteiger partial charge in [0.25, 0.3) is 0 Å². The first-order chi connectivity index (χ1) is 18.9. The number of H-pyrrole nitrogens is 1. The molecule has 11 heteroatoms. The number of nitrogens with one attached hydrogen (secondary N) is 2. The molecular formula is C28H21N9O2. The van der Waals surface area contributed by atoms with E-state index in [4.69, 9.17) is 5.10 Å². The Balaban J connectivity index is 1.45. The van der Waals surface area contributed by atoms with E-state index in [-0.39, 0.29) is 24.8 Å². The predicted molar refractivity (Wildman–Crippen MR) is 141 cm³/mol. The van der Waals surface area contributed by atoms with E-state index in [2.05, 4.69) is 31.3 Å². The van der Waals surface area contributed by atoms with Gasteiger partial charge in [-0.15, -0.1) is 0 Å². The van der Waals surface area contributed by atoms with E-state index in [9.17, 15) is 14.9 Å². The topological polar surface area (TPSA) is 145 Å². The van der Waals surface area contributed by atoms with Gasteiger partial charge in [0, 0.05) is 17.7 Å². The monoisotopic (exact) mass is 515 g/mol. The molecule has 0 bridgehead atoms. The Hall–Kier alpha value is -5.37. The van der Waals surface area contributed by atoms with Crippen LogP contribution in [0, 0.1) is 25.2 Å². The van der Waals surface area contributed by atoms with Crippen LogP contribution >= 0.6 is 0 Å². The van der Waals surface area contributed by atoms with Crippen LogP contribution in [0.15, 0.2) is 55.1 Å². The second-order valence-electron chi connectivity index (χ2n) is 9.87. The van der Waals surface area contributed by atoms with Crippen LogP contribution in [0.5, 0.6) is 0 Å². The maximum absolute atomic E-state index is 14.6. The van der Waals surface area contributed by atoms with E-state index in [1.165, 1.54) is 12.7 Å². The summed E-state index contributed by atoms with van der Waals surface area (Å²) in [5.74, 6) is 0.304. The third kappa shape index (κ3) is 3.15. The second-order valence-corrected chi connectivity index (χ2v) is 9.87. The number of fused-ring (bicyclic) bond motifs is 5. The fraction of sp³-hybridized carbons (Fsp3) is 0.179. The van der Waals surface area contributed by atoms with Crippen molar-refractivity contribution in [1.29, 1.82) is 5.26 Å². The summed E-state index contributed by atoms with van der Waals surface area (Å²) in [6.45, 7) is 4.06. The van der Waals surface area contributed by atoms with Gasteiger partial charge in [-0.2, -0.15) is 15.0 Å². The molecule has 5 heterocycles. The number of hydrogen-bond acceptors (Lipinski definition) is 7. The molecule has 0 fully saturated rings. The van der Waals surface area contributed by atoms with Crippen LogP contribution in [-0.2, 0) is 21.5 Å². The van der Waals surface area contributed by atoms with Gasteiger partial charge in [-0.1, -0.05) is 29.8 Å². The zero-order chi connectivity index (χ0) is 26.9. The molecule has 0 saturated carbocycles. The maximum Gasteiger partial charge on any atom is 0.243 e. The Morgan fingerprint density at radius 1 is 1.10 bits per heavy atom. The molecule has 0 radical (unpaired) electrons. The van der Waals surface area contributed by atoms with E-state index in [1.54, 1.807) is 27.8 Å². The van der Waals surface area contributed by atoms with Crippen molar-refractivity contribution < 1.29 is 9.59 Å². The lowest BCUT2D eigenvalue weighted by molar-refractivity contribution is -0.126.